The molecule has 1 aromatic rings. The van der Waals surface area contributed by atoms with Crippen molar-refractivity contribution in [3.05, 3.63) is 27.7 Å². The van der Waals surface area contributed by atoms with Crippen molar-refractivity contribution in [1.82, 2.24) is 5.32 Å². The number of carbonyl (C=O) groups excluding carboxylic acids is 1. The van der Waals surface area contributed by atoms with Gasteiger partial charge in [-0.05, 0) is 37.1 Å². The maximum Gasteiger partial charge on any atom is 0.220 e. The van der Waals surface area contributed by atoms with Crippen LogP contribution in [0.4, 0.5) is 0 Å². The minimum atomic E-state index is -0.348. The van der Waals surface area contributed by atoms with E-state index in [1.165, 1.54) is 0 Å². The van der Waals surface area contributed by atoms with E-state index in [-0.39, 0.29) is 12.3 Å². The molecule has 0 radical (unpaired) electrons. The van der Waals surface area contributed by atoms with Gasteiger partial charge in [-0.1, -0.05) is 29.8 Å². The maximum absolute atomic E-state index is 10.8. The number of nitrogens with one attached hydrogen (secondary N) is 1. The summed E-state index contributed by atoms with van der Waals surface area (Å²) in [7, 11) is 0. The summed E-state index contributed by atoms with van der Waals surface area (Å²) in [6.07, 6.45) is 0.231. The largest absolute Gasteiger partial charge is 0.492 e. The lowest BCUT2D eigenvalue weighted by Gasteiger charge is -2.16. The van der Waals surface area contributed by atoms with Crippen LogP contribution in [0.1, 0.15) is 31.4 Å². The van der Waals surface area contributed by atoms with Crippen LogP contribution in [-0.2, 0) is 11.3 Å². The number of hydrogen-bond acceptors (Lipinski definition) is 3. The Balaban J connectivity index is 2.76. The van der Waals surface area contributed by atoms with Crippen molar-refractivity contribution in [3.8, 4) is 5.75 Å². The molecule has 0 saturated heterocycles. The predicted octanol–water partition coefficient (Wildman–Crippen LogP) is 2.76. The molecule has 112 valence electrons. The minimum Gasteiger partial charge on any atom is -0.492 e. The molecule has 1 rings (SSSR count). The average Bonchev–Trinajstić information content (AvgIpc) is 2.31. The molecular formula is C15H23BrN2O2. The number of primary amides is 1. The van der Waals surface area contributed by atoms with Crippen molar-refractivity contribution >= 4 is 21.8 Å². The van der Waals surface area contributed by atoms with Gasteiger partial charge in [-0.15, -0.1) is 0 Å². The van der Waals surface area contributed by atoms with E-state index in [1.807, 2.05) is 19.1 Å². The van der Waals surface area contributed by atoms with Gasteiger partial charge in [0.15, 0.2) is 0 Å². The molecule has 4 nitrogen and oxygen atoms in total. The van der Waals surface area contributed by atoms with Crippen LogP contribution in [0.5, 0.6) is 5.75 Å². The van der Waals surface area contributed by atoms with Crippen molar-refractivity contribution in [3.63, 3.8) is 0 Å². The zero-order chi connectivity index (χ0) is 15.1. The van der Waals surface area contributed by atoms with Gasteiger partial charge in [0.25, 0.3) is 0 Å². The smallest absolute Gasteiger partial charge is 0.220 e. The van der Waals surface area contributed by atoms with Gasteiger partial charge in [0, 0.05) is 16.6 Å². The van der Waals surface area contributed by atoms with Crippen molar-refractivity contribution < 1.29 is 9.53 Å². The molecule has 0 aliphatic heterocycles. The molecular weight excluding hydrogens is 320 g/mol. The molecule has 20 heavy (non-hydrogen) atoms. The molecule has 0 saturated carbocycles. The lowest BCUT2D eigenvalue weighted by molar-refractivity contribution is -0.118. The van der Waals surface area contributed by atoms with Gasteiger partial charge in [-0.25, -0.2) is 0 Å². The van der Waals surface area contributed by atoms with Gasteiger partial charge in [0.05, 0.1) is 13.0 Å². The summed E-state index contributed by atoms with van der Waals surface area (Å²) >= 11 is 3.50. The van der Waals surface area contributed by atoms with Gasteiger partial charge in [-0.2, -0.15) is 0 Å². The zero-order valence-electron chi connectivity index (χ0n) is 12.3. The summed E-state index contributed by atoms with van der Waals surface area (Å²) in [5.74, 6) is 1.09. The van der Waals surface area contributed by atoms with Crippen LogP contribution < -0.4 is 15.8 Å². The number of benzene rings is 1. The number of halogens is 1. The number of nitrogens with two attached hydrogens (primary N) is 1. The van der Waals surface area contributed by atoms with E-state index in [4.69, 9.17) is 10.5 Å². The van der Waals surface area contributed by atoms with E-state index in [2.05, 4.69) is 35.1 Å². The Hall–Kier alpha value is -1.07. The molecule has 3 N–H and O–H groups in total. The molecule has 1 aromatic carbocycles. The molecule has 0 bridgehead atoms. The van der Waals surface area contributed by atoms with Crippen molar-refractivity contribution in [2.45, 2.75) is 33.7 Å². The zero-order valence-corrected chi connectivity index (χ0v) is 13.9. The lowest BCUT2D eigenvalue weighted by atomic mass is 10.1. The van der Waals surface area contributed by atoms with Gasteiger partial charge >= 0.3 is 0 Å². The summed E-state index contributed by atoms with van der Waals surface area (Å²) in [4.78, 5) is 10.8. The molecule has 0 heterocycles. The maximum atomic E-state index is 10.8. The Morgan fingerprint density at radius 2 is 2.15 bits per heavy atom. The first-order valence-electron chi connectivity index (χ1n) is 6.81. The molecule has 0 aromatic heterocycles. The second kappa shape index (κ2) is 8.27. The first-order chi connectivity index (χ1) is 9.40. The Morgan fingerprint density at radius 1 is 1.45 bits per heavy atom. The van der Waals surface area contributed by atoms with Crippen LogP contribution in [0, 0.1) is 12.8 Å². The second-order valence-electron chi connectivity index (χ2n) is 5.30. The van der Waals surface area contributed by atoms with Gasteiger partial charge < -0.3 is 15.8 Å². The number of amides is 1. The molecule has 0 fully saturated rings. The van der Waals surface area contributed by atoms with Crippen LogP contribution in [-0.4, -0.2) is 19.1 Å². The molecule has 0 aliphatic rings. The number of ether oxygens (including phenoxy) is 1. The van der Waals surface area contributed by atoms with E-state index in [1.54, 1.807) is 0 Å². The van der Waals surface area contributed by atoms with E-state index >= 15 is 0 Å². The molecule has 1 amide bonds. The predicted molar refractivity (Wildman–Crippen MR) is 84.7 cm³/mol. The Bertz CT molecular complexity index is 461. The Labute approximate surface area is 129 Å². The normalized spacial score (nSPS) is 10.8. The topological polar surface area (TPSA) is 64.3 Å². The Kier molecular flexibility index (Phi) is 7.02. The quantitative estimate of drug-likeness (QED) is 0.763. The van der Waals surface area contributed by atoms with Gasteiger partial charge in [0.2, 0.25) is 5.91 Å². The SMILES string of the molecule is Cc1cc(Br)cc(CNCC(C)C)c1OCCC(N)=O. The first-order valence-corrected chi connectivity index (χ1v) is 7.60. The number of aryl methyl sites for hydroxylation is 1. The fourth-order valence-electron chi connectivity index (χ4n) is 1.89. The lowest BCUT2D eigenvalue weighted by Crippen LogP contribution is -2.20. The van der Waals surface area contributed by atoms with E-state index in [0.717, 1.165) is 34.4 Å². The summed E-state index contributed by atoms with van der Waals surface area (Å²) in [6, 6.07) is 4.05. The van der Waals surface area contributed by atoms with Crippen LogP contribution >= 0.6 is 15.9 Å². The standard InChI is InChI=1S/C15H23BrN2O2/c1-10(2)8-18-9-12-7-13(16)6-11(3)15(12)20-5-4-14(17)19/h6-7,10,18H,4-5,8-9H2,1-3H3,(H2,17,19). The van der Waals surface area contributed by atoms with Crippen LogP contribution in [0.2, 0.25) is 0 Å². The third-order valence-electron chi connectivity index (χ3n) is 2.78. The molecule has 0 unspecified atom stereocenters. The second-order valence-corrected chi connectivity index (χ2v) is 6.22. The van der Waals surface area contributed by atoms with E-state index in [9.17, 15) is 4.79 Å². The highest BCUT2D eigenvalue weighted by molar-refractivity contribution is 9.10. The van der Waals surface area contributed by atoms with Crippen molar-refractivity contribution in [1.29, 1.82) is 0 Å². The van der Waals surface area contributed by atoms with Crippen molar-refractivity contribution in [2.24, 2.45) is 11.7 Å². The molecule has 5 heteroatoms. The highest BCUT2D eigenvalue weighted by atomic mass is 79.9. The first kappa shape index (κ1) is 17.0. The van der Waals surface area contributed by atoms with Crippen LogP contribution in [0.25, 0.3) is 0 Å². The minimum absolute atomic E-state index is 0.231. The summed E-state index contributed by atoms with van der Waals surface area (Å²) in [5.41, 5.74) is 7.26. The Morgan fingerprint density at radius 3 is 2.75 bits per heavy atom. The summed E-state index contributed by atoms with van der Waals surface area (Å²) < 4.78 is 6.76. The van der Waals surface area contributed by atoms with E-state index in [0.29, 0.717) is 12.5 Å². The van der Waals surface area contributed by atoms with Crippen molar-refractivity contribution in [2.75, 3.05) is 13.2 Å². The highest BCUT2D eigenvalue weighted by Crippen LogP contribution is 2.28. The number of rotatable bonds is 8. The van der Waals surface area contributed by atoms with E-state index < -0.39 is 0 Å². The number of carbonyl (C=O) groups is 1. The van der Waals surface area contributed by atoms with Gasteiger partial charge in [0.1, 0.15) is 5.75 Å². The fourth-order valence-corrected chi connectivity index (χ4v) is 2.51. The van der Waals surface area contributed by atoms with Crippen LogP contribution in [0.15, 0.2) is 16.6 Å². The molecule has 0 aliphatic carbocycles. The molecule has 0 spiro atoms. The highest BCUT2D eigenvalue weighted by Gasteiger charge is 2.10. The third-order valence-corrected chi connectivity index (χ3v) is 3.24. The third kappa shape index (κ3) is 5.92. The van der Waals surface area contributed by atoms with Crippen LogP contribution in [0.3, 0.4) is 0 Å². The average molecular weight is 343 g/mol. The summed E-state index contributed by atoms with van der Waals surface area (Å²) in [5, 5.41) is 3.40. The van der Waals surface area contributed by atoms with Gasteiger partial charge in [-0.3, -0.25) is 4.79 Å². The molecule has 0 atom stereocenters. The summed E-state index contributed by atoms with van der Waals surface area (Å²) in [6.45, 7) is 8.34. The fraction of sp³-hybridized carbons (Fsp3) is 0.533. The number of hydrogen-bond donors (Lipinski definition) is 2. The monoisotopic (exact) mass is 342 g/mol.